The molecule has 0 spiro atoms. The van der Waals surface area contributed by atoms with E-state index in [0.717, 1.165) is 5.56 Å². The van der Waals surface area contributed by atoms with Crippen LogP contribution < -0.4 is 5.73 Å². The third-order valence-corrected chi connectivity index (χ3v) is 3.00. The van der Waals surface area contributed by atoms with Crippen molar-refractivity contribution in [2.24, 2.45) is 11.1 Å². The van der Waals surface area contributed by atoms with E-state index in [1.54, 1.807) is 0 Å². The molecule has 0 heterocycles. The van der Waals surface area contributed by atoms with E-state index in [0.29, 0.717) is 12.5 Å². The zero-order valence-corrected chi connectivity index (χ0v) is 10.7. The molecule has 2 nitrogen and oxygen atoms in total. The quantitative estimate of drug-likeness (QED) is 0.824. The van der Waals surface area contributed by atoms with Gasteiger partial charge in [-0.3, -0.25) is 0 Å². The van der Waals surface area contributed by atoms with Gasteiger partial charge in [-0.15, -0.1) is 0 Å². The van der Waals surface area contributed by atoms with Gasteiger partial charge in [-0.1, -0.05) is 52.0 Å². The molecule has 0 saturated carbocycles. The molecule has 1 aromatic carbocycles. The van der Waals surface area contributed by atoms with E-state index in [1.165, 1.54) is 5.56 Å². The van der Waals surface area contributed by atoms with E-state index in [2.05, 4.69) is 19.1 Å². The normalized spacial score (nSPS) is 15.9. The average Bonchev–Trinajstić information content (AvgIpc) is 2.26. The van der Waals surface area contributed by atoms with Crippen LogP contribution in [0.3, 0.4) is 0 Å². The predicted octanol–water partition coefficient (Wildman–Crippen LogP) is 2.83. The number of hydrogen-bond acceptors (Lipinski definition) is 2. The zero-order chi connectivity index (χ0) is 12.3. The van der Waals surface area contributed by atoms with E-state index < -0.39 is 6.10 Å². The lowest BCUT2D eigenvalue weighted by Gasteiger charge is -2.26. The first-order valence-corrected chi connectivity index (χ1v) is 5.84. The molecule has 2 unspecified atom stereocenters. The molecule has 0 aliphatic carbocycles. The molecule has 2 heteroatoms. The molecule has 3 N–H and O–H groups in total. The zero-order valence-electron chi connectivity index (χ0n) is 10.7. The highest BCUT2D eigenvalue weighted by molar-refractivity contribution is 5.27. The maximum atomic E-state index is 10.1. The SMILES string of the molecule is CC(CN)c1ccc(C(O)C(C)(C)C)cc1. The fourth-order valence-electron chi connectivity index (χ4n) is 1.64. The molecule has 0 aromatic heterocycles. The van der Waals surface area contributed by atoms with Gasteiger partial charge in [0.1, 0.15) is 0 Å². The van der Waals surface area contributed by atoms with Crippen molar-refractivity contribution in [1.29, 1.82) is 0 Å². The van der Waals surface area contributed by atoms with Gasteiger partial charge < -0.3 is 10.8 Å². The van der Waals surface area contributed by atoms with Gasteiger partial charge in [0.2, 0.25) is 0 Å². The highest BCUT2D eigenvalue weighted by Gasteiger charge is 2.23. The highest BCUT2D eigenvalue weighted by atomic mass is 16.3. The van der Waals surface area contributed by atoms with Crippen LogP contribution >= 0.6 is 0 Å². The summed E-state index contributed by atoms with van der Waals surface area (Å²) in [4.78, 5) is 0. The van der Waals surface area contributed by atoms with Gasteiger partial charge in [-0.2, -0.15) is 0 Å². The molecule has 0 aliphatic rings. The molecule has 1 aromatic rings. The number of nitrogens with two attached hydrogens (primary N) is 1. The lowest BCUT2D eigenvalue weighted by atomic mass is 9.84. The van der Waals surface area contributed by atoms with Crippen molar-refractivity contribution >= 4 is 0 Å². The molecular formula is C14H23NO. The van der Waals surface area contributed by atoms with Crippen molar-refractivity contribution in [2.75, 3.05) is 6.54 Å². The molecule has 0 fully saturated rings. The van der Waals surface area contributed by atoms with Gasteiger partial charge in [-0.25, -0.2) is 0 Å². The summed E-state index contributed by atoms with van der Waals surface area (Å²) in [5.74, 6) is 0.376. The second kappa shape index (κ2) is 4.98. The van der Waals surface area contributed by atoms with Crippen LogP contribution in [0.4, 0.5) is 0 Å². The largest absolute Gasteiger partial charge is 0.388 e. The molecule has 90 valence electrons. The fourth-order valence-corrected chi connectivity index (χ4v) is 1.64. The van der Waals surface area contributed by atoms with Crippen molar-refractivity contribution < 1.29 is 5.11 Å². The van der Waals surface area contributed by atoms with Crippen LogP contribution in [0, 0.1) is 5.41 Å². The van der Waals surface area contributed by atoms with Crippen molar-refractivity contribution in [2.45, 2.75) is 39.7 Å². The number of aliphatic hydroxyl groups excluding tert-OH is 1. The molecule has 0 amide bonds. The summed E-state index contributed by atoms with van der Waals surface area (Å²) in [5.41, 5.74) is 7.70. The maximum absolute atomic E-state index is 10.1. The number of rotatable bonds is 3. The Morgan fingerprint density at radius 3 is 1.94 bits per heavy atom. The van der Waals surface area contributed by atoms with Crippen LogP contribution in [-0.2, 0) is 0 Å². The molecule has 0 saturated heterocycles. The summed E-state index contributed by atoms with van der Waals surface area (Å²) < 4.78 is 0. The molecule has 0 radical (unpaired) electrons. The predicted molar refractivity (Wildman–Crippen MR) is 68.3 cm³/mol. The second-order valence-corrected chi connectivity index (χ2v) is 5.57. The Morgan fingerprint density at radius 1 is 1.12 bits per heavy atom. The van der Waals surface area contributed by atoms with Crippen LogP contribution in [-0.4, -0.2) is 11.7 Å². The van der Waals surface area contributed by atoms with Crippen LogP contribution in [0.5, 0.6) is 0 Å². The van der Waals surface area contributed by atoms with E-state index in [4.69, 9.17) is 5.73 Å². The summed E-state index contributed by atoms with van der Waals surface area (Å²) >= 11 is 0. The Morgan fingerprint density at radius 2 is 1.56 bits per heavy atom. The summed E-state index contributed by atoms with van der Waals surface area (Å²) in [6, 6.07) is 8.11. The molecule has 0 aliphatic heterocycles. The minimum absolute atomic E-state index is 0.124. The summed E-state index contributed by atoms with van der Waals surface area (Å²) in [5, 5.41) is 10.1. The number of benzene rings is 1. The first-order chi connectivity index (χ1) is 7.36. The van der Waals surface area contributed by atoms with Crippen LogP contribution in [0.15, 0.2) is 24.3 Å². The molecule has 2 atom stereocenters. The Bertz CT molecular complexity index is 324. The van der Waals surface area contributed by atoms with E-state index in [1.807, 2.05) is 32.9 Å². The number of aliphatic hydroxyl groups is 1. The Hall–Kier alpha value is -0.860. The van der Waals surface area contributed by atoms with Gasteiger partial charge in [0.05, 0.1) is 6.10 Å². The first-order valence-electron chi connectivity index (χ1n) is 5.84. The Labute approximate surface area is 98.5 Å². The Kier molecular flexibility index (Phi) is 4.11. The average molecular weight is 221 g/mol. The van der Waals surface area contributed by atoms with Gasteiger partial charge in [0, 0.05) is 0 Å². The van der Waals surface area contributed by atoms with Crippen LogP contribution in [0.1, 0.15) is 50.8 Å². The van der Waals surface area contributed by atoms with Crippen LogP contribution in [0.2, 0.25) is 0 Å². The third kappa shape index (κ3) is 3.06. The number of hydrogen-bond donors (Lipinski definition) is 2. The van der Waals surface area contributed by atoms with Crippen molar-refractivity contribution in [1.82, 2.24) is 0 Å². The first kappa shape index (κ1) is 13.2. The van der Waals surface area contributed by atoms with E-state index >= 15 is 0 Å². The maximum Gasteiger partial charge on any atom is 0.0838 e. The molecular weight excluding hydrogens is 198 g/mol. The van der Waals surface area contributed by atoms with Crippen molar-refractivity contribution in [3.8, 4) is 0 Å². The third-order valence-electron chi connectivity index (χ3n) is 3.00. The monoisotopic (exact) mass is 221 g/mol. The summed E-state index contributed by atoms with van der Waals surface area (Å²) in [6.07, 6.45) is -0.422. The molecule has 16 heavy (non-hydrogen) atoms. The van der Waals surface area contributed by atoms with Crippen molar-refractivity contribution in [3.63, 3.8) is 0 Å². The minimum Gasteiger partial charge on any atom is -0.388 e. The van der Waals surface area contributed by atoms with Gasteiger partial charge >= 0.3 is 0 Å². The standard InChI is InChI=1S/C14H23NO/c1-10(9-15)11-5-7-12(8-6-11)13(16)14(2,3)4/h5-8,10,13,16H,9,15H2,1-4H3. The molecule has 1 rings (SSSR count). The van der Waals surface area contributed by atoms with E-state index in [9.17, 15) is 5.11 Å². The molecule has 0 bridgehead atoms. The minimum atomic E-state index is -0.422. The van der Waals surface area contributed by atoms with Crippen molar-refractivity contribution in [3.05, 3.63) is 35.4 Å². The van der Waals surface area contributed by atoms with Gasteiger partial charge in [-0.05, 0) is 29.0 Å². The smallest absolute Gasteiger partial charge is 0.0838 e. The summed E-state index contributed by atoms with van der Waals surface area (Å²) in [6.45, 7) is 8.87. The Balaban J connectivity index is 2.87. The lowest BCUT2D eigenvalue weighted by molar-refractivity contribution is 0.0626. The van der Waals surface area contributed by atoms with Gasteiger partial charge in [0.25, 0.3) is 0 Å². The summed E-state index contributed by atoms with van der Waals surface area (Å²) in [7, 11) is 0. The van der Waals surface area contributed by atoms with Crippen LogP contribution in [0.25, 0.3) is 0 Å². The highest BCUT2D eigenvalue weighted by Crippen LogP contribution is 2.32. The topological polar surface area (TPSA) is 46.2 Å². The fraction of sp³-hybridized carbons (Fsp3) is 0.571. The second-order valence-electron chi connectivity index (χ2n) is 5.57. The lowest BCUT2D eigenvalue weighted by Crippen LogP contribution is -2.17. The van der Waals surface area contributed by atoms with E-state index in [-0.39, 0.29) is 5.41 Å². The van der Waals surface area contributed by atoms with Gasteiger partial charge in [0.15, 0.2) is 0 Å².